The molecule has 0 unspecified atom stereocenters. The van der Waals surface area contributed by atoms with Gasteiger partial charge in [0.05, 0.1) is 17.8 Å². The fourth-order valence-electron chi connectivity index (χ4n) is 2.05. The maximum Gasteiger partial charge on any atom is 0.259 e. The van der Waals surface area contributed by atoms with E-state index >= 15 is 0 Å². The van der Waals surface area contributed by atoms with Gasteiger partial charge in [0.15, 0.2) is 0 Å². The molecule has 3 aromatic rings. The van der Waals surface area contributed by atoms with Crippen molar-refractivity contribution in [1.29, 1.82) is 0 Å². The summed E-state index contributed by atoms with van der Waals surface area (Å²) >= 11 is 3.54. The molecule has 0 aliphatic carbocycles. The normalized spacial score (nSPS) is 11.4. The zero-order valence-electron chi connectivity index (χ0n) is 11.5. The Labute approximate surface area is 125 Å². The third-order valence-corrected chi connectivity index (χ3v) is 3.56. The van der Waals surface area contributed by atoms with E-state index in [4.69, 9.17) is 4.74 Å². The van der Waals surface area contributed by atoms with Gasteiger partial charge in [-0.15, -0.1) is 5.10 Å². The fraction of sp³-hybridized carbons (Fsp3) is 0.286. The number of rotatable bonds is 3. The summed E-state index contributed by atoms with van der Waals surface area (Å²) in [6.45, 7) is 3.96. The first kappa shape index (κ1) is 13.2. The number of aromatic nitrogens is 4. The quantitative estimate of drug-likeness (QED) is 0.738. The highest BCUT2D eigenvalue weighted by Crippen LogP contribution is 2.27. The van der Waals surface area contributed by atoms with E-state index < -0.39 is 0 Å². The predicted octanol–water partition coefficient (Wildman–Crippen LogP) is 3.31. The highest BCUT2D eigenvalue weighted by molar-refractivity contribution is 9.10. The second-order valence-corrected chi connectivity index (χ2v) is 5.76. The third kappa shape index (κ3) is 2.31. The Hall–Kier alpha value is -1.82. The van der Waals surface area contributed by atoms with Crippen molar-refractivity contribution in [3.8, 4) is 11.6 Å². The molecular weight excluding hydrogens is 320 g/mol. The Morgan fingerprint density at radius 1 is 1.20 bits per heavy atom. The van der Waals surface area contributed by atoms with Crippen molar-refractivity contribution >= 4 is 26.8 Å². The Bertz CT molecular complexity index is 760. The maximum atomic E-state index is 5.74. The van der Waals surface area contributed by atoms with Gasteiger partial charge in [0.1, 0.15) is 5.69 Å². The van der Waals surface area contributed by atoms with Crippen LogP contribution in [-0.2, 0) is 7.05 Å². The van der Waals surface area contributed by atoms with Crippen molar-refractivity contribution in [2.24, 2.45) is 7.05 Å². The molecule has 2 aromatic heterocycles. The smallest absolute Gasteiger partial charge is 0.259 e. The average Bonchev–Trinajstić information content (AvgIpc) is 2.93. The third-order valence-electron chi connectivity index (χ3n) is 2.87. The van der Waals surface area contributed by atoms with E-state index in [1.54, 1.807) is 9.36 Å². The molecule has 6 heteroatoms. The van der Waals surface area contributed by atoms with Crippen molar-refractivity contribution in [3.05, 3.63) is 35.1 Å². The highest BCUT2D eigenvalue weighted by Gasteiger charge is 2.15. The molecular formula is C14H15BrN4O. The van der Waals surface area contributed by atoms with E-state index in [0.29, 0.717) is 5.88 Å². The lowest BCUT2D eigenvalue weighted by Gasteiger charge is -2.08. The summed E-state index contributed by atoms with van der Waals surface area (Å²) in [4.78, 5) is 0. The van der Waals surface area contributed by atoms with E-state index in [0.717, 1.165) is 21.1 Å². The van der Waals surface area contributed by atoms with Gasteiger partial charge < -0.3 is 4.74 Å². The number of nitrogens with zero attached hydrogens (tertiary/aromatic N) is 4. The standard InChI is InChI=1S/C14H15BrN4O/c1-9(2)20-14-13(8-18(3)17-14)19-7-10-11(15)5-4-6-12(10)16-19/h4-9H,1-3H3. The lowest BCUT2D eigenvalue weighted by Crippen LogP contribution is -2.08. The molecule has 0 bridgehead atoms. The minimum atomic E-state index is 0.0698. The molecule has 0 saturated carbocycles. The number of benzene rings is 1. The molecule has 2 heterocycles. The van der Waals surface area contributed by atoms with E-state index in [9.17, 15) is 0 Å². The van der Waals surface area contributed by atoms with Gasteiger partial charge in [0, 0.05) is 23.1 Å². The molecule has 0 fully saturated rings. The Balaban J connectivity index is 2.13. The molecule has 0 amide bonds. The van der Waals surface area contributed by atoms with Crippen molar-refractivity contribution in [2.75, 3.05) is 0 Å². The van der Waals surface area contributed by atoms with Crippen molar-refractivity contribution in [2.45, 2.75) is 20.0 Å². The second kappa shape index (κ2) is 4.94. The summed E-state index contributed by atoms with van der Waals surface area (Å²) in [6, 6.07) is 5.96. The summed E-state index contributed by atoms with van der Waals surface area (Å²) in [7, 11) is 1.87. The summed E-state index contributed by atoms with van der Waals surface area (Å²) < 4.78 is 10.3. The number of hydrogen-bond donors (Lipinski definition) is 0. The lowest BCUT2D eigenvalue weighted by atomic mass is 10.3. The van der Waals surface area contributed by atoms with Gasteiger partial charge in [-0.2, -0.15) is 5.10 Å². The summed E-state index contributed by atoms with van der Waals surface area (Å²) in [6.07, 6.45) is 3.95. The zero-order chi connectivity index (χ0) is 14.3. The monoisotopic (exact) mass is 334 g/mol. The Kier molecular flexibility index (Phi) is 3.25. The van der Waals surface area contributed by atoms with E-state index in [-0.39, 0.29) is 6.10 Å². The average molecular weight is 335 g/mol. The van der Waals surface area contributed by atoms with E-state index in [1.165, 1.54) is 0 Å². The molecule has 5 nitrogen and oxygen atoms in total. The molecule has 104 valence electrons. The molecule has 0 atom stereocenters. The minimum Gasteiger partial charge on any atom is -0.472 e. The van der Waals surface area contributed by atoms with Crippen LogP contribution in [0.1, 0.15) is 13.8 Å². The van der Waals surface area contributed by atoms with Gasteiger partial charge in [0.25, 0.3) is 5.88 Å². The highest BCUT2D eigenvalue weighted by atomic mass is 79.9. The van der Waals surface area contributed by atoms with E-state index in [2.05, 4.69) is 26.1 Å². The summed E-state index contributed by atoms with van der Waals surface area (Å²) in [5.41, 5.74) is 1.77. The molecule has 1 aromatic carbocycles. The fourth-order valence-corrected chi connectivity index (χ4v) is 2.51. The Morgan fingerprint density at radius 3 is 2.70 bits per heavy atom. The second-order valence-electron chi connectivity index (χ2n) is 4.91. The molecule has 3 rings (SSSR count). The predicted molar refractivity (Wildman–Crippen MR) is 81.3 cm³/mol. The molecule has 0 N–H and O–H groups in total. The van der Waals surface area contributed by atoms with Crippen LogP contribution in [0, 0.1) is 0 Å². The van der Waals surface area contributed by atoms with Crippen LogP contribution in [0.25, 0.3) is 16.6 Å². The van der Waals surface area contributed by atoms with Crippen LogP contribution >= 0.6 is 15.9 Å². The first-order chi connectivity index (χ1) is 9.54. The number of hydrogen-bond acceptors (Lipinski definition) is 3. The van der Waals surface area contributed by atoms with Gasteiger partial charge in [-0.25, -0.2) is 4.68 Å². The SMILES string of the molecule is CC(C)Oc1nn(C)cc1-n1cc2c(Br)cccc2n1. The van der Waals surface area contributed by atoms with E-state index in [1.807, 2.05) is 51.5 Å². The van der Waals surface area contributed by atoms with Crippen LogP contribution in [0.15, 0.2) is 35.1 Å². The Morgan fingerprint density at radius 2 is 2.00 bits per heavy atom. The molecule has 20 heavy (non-hydrogen) atoms. The summed E-state index contributed by atoms with van der Waals surface area (Å²) in [5, 5.41) is 9.98. The zero-order valence-corrected chi connectivity index (χ0v) is 13.1. The van der Waals surface area contributed by atoms with Gasteiger partial charge in [-0.1, -0.05) is 22.0 Å². The number of ether oxygens (including phenoxy) is 1. The van der Waals surface area contributed by atoms with Gasteiger partial charge in [-0.3, -0.25) is 4.68 Å². The maximum absolute atomic E-state index is 5.74. The van der Waals surface area contributed by atoms with Crippen molar-refractivity contribution in [1.82, 2.24) is 19.6 Å². The number of aryl methyl sites for hydroxylation is 1. The van der Waals surface area contributed by atoms with Gasteiger partial charge in [-0.05, 0) is 26.0 Å². The van der Waals surface area contributed by atoms with Crippen LogP contribution in [0.2, 0.25) is 0 Å². The van der Waals surface area contributed by atoms with Crippen LogP contribution in [0.5, 0.6) is 5.88 Å². The first-order valence-corrected chi connectivity index (χ1v) is 7.18. The van der Waals surface area contributed by atoms with Crippen LogP contribution in [-0.4, -0.2) is 25.7 Å². The van der Waals surface area contributed by atoms with Crippen LogP contribution in [0.4, 0.5) is 0 Å². The molecule has 0 aliphatic heterocycles. The minimum absolute atomic E-state index is 0.0698. The van der Waals surface area contributed by atoms with Gasteiger partial charge >= 0.3 is 0 Å². The van der Waals surface area contributed by atoms with Crippen LogP contribution in [0.3, 0.4) is 0 Å². The number of fused-ring (bicyclic) bond motifs is 1. The van der Waals surface area contributed by atoms with Gasteiger partial charge in [0.2, 0.25) is 0 Å². The lowest BCUT2D eigenvalue weighted by molar-refractivity contribution is 0.230. The first-order valence-electron chi connectivity index (χ1n) is 6.39. The summed E-state index contributed by atoms with van der Waals surface area (Å²) in [5.74, 6) is 0.589. The van der Waals surface area contributed by atoms with Crippen LogP contribution < -0.4 is 4.74 Å². The largest absolute Gasteiger partial charge is 0.472 e. The van der Waals surface area contributed by atoms with Crippen molar-refractivity contribution < 1.29 is 4.74 Å². The number of halogens is 1. The molecule has 0 aliphatic rings. The molecule has 0 saturated heterocycles. The molecule has 0 spiro atoms. The van der Waals surface area contributed by atoms with Crippen molar-refractivity contribution in [3.63, 3.8) is 0 Å². The molecule has 0 radical (unpaired) electrons. The topological polar surface area (TPSA) is 44.9 Å².